The maximum Gasteiger partial charge on any atom is 0.221 e. The van der Waals surface area contributed by atoms with E-state index < -0.39 is 0 Å². The summed E-state index contributed by atoms with van der Waals surface area (Å²) in [6.45, 7) is 3.22. The summed E-state index contributed by atoms with van der Waals surface area (Å²) in [7, 11) is 5.68. The fourth-order valence-corrected chi connectivity index (χ4v) is 2.90. The summed E-state index contributed by atoms with van der Waals surface area (Å²) in [5, 5.41) is 6.73. The van der Waals surface area contributed by atoms with Crippen LogP contribution in [0.2, 0.25) is 5.02 Å². The molecular formula is C19H26ClN5O2. The molecule has 1 aromatic carbocycles. The van der Waals surface area contributed by atoms with Crippen molar-refractivity contribution in [2.75, 3.05) is 32.6 Å². The predicted molar refractivity (Wildman–Crippen MR) is 109 cm³/mol. The van der Waals surface area contributed by atoms with Gasteiger partial charge in [0.2, 0.25) is 5.91 Å². The Kier molecular flexibility index (Phi) is 7.55. The number of anilines is 1. The zero-order valence-corrected chi connectivity index (χ0v) is 16.9. The molecule has 0 aliphatic rings. The van der Waals surface area contributed by atoms with Gasteiger partial charge in [-0.1, -0.05) is 17.7 Å². The van der Waals surface area contributed by atoms with E-state index in [2.05, 4.69) is 15.6 Å². The topological polar surface area (TPSA) is 70.9 Å². The molecule has 1 aromatic heterocycles. The number of hydrogen-bond donors (Lipinski definition) is 2. The number of carbonyl (C=O) groups excluding carboxylic acids is 1. The molecule has 0 spiro atoms. The molecule has 2 rings (SSSR count). The minimum Gasteiger partial charge on any atom is -0.492 e. The molecule has 0 aliphatic carbocycles. The third kappa shape index (κ3) is 6.53. The summed E-state index contributed by atoms with van der Waals surface area (Å²) < 4.78 is 7.73. The molecular weight excluding hydrogens is 366 g/mol. The van der Waals surface area contributed by atoms with Crippen molar-refractivity contribution >= 4 is 29.2 Å². The molecule has 0 atom stereocenters. The number of halogens is 1. The van der Waals surface area contributed by atoms with E-state index in [0.29, 0.717) is 31.1 Å². The first-order valence-corrected chi connectivity index (χ1v) is 9.00. The first-order valence-electron chi connectivity index (χ1n) is 8.62. The second kappa shape index (κ2) is 9.87. The van der Waals surface area contributed by atoms with Gasteiger partial charge < -0.3 is 24.8 Å². The van der Waals surface area contributed by atoms with Crippen LogP contribution >= 0.6 is 11.6 Å². The lowest BCUT2D eigenvalue weighted by Gasteiger charge is -2.22. The second-order valence-electron chi connectivity index (χ2n) is 6.15. The van der Waals surface area contributed by atoms with Gasteiger partial charge in [-0.2, -0.15) is 0 Å². The summed E-state index contributed by atoms with van der Waals surface area (Å²) in [6, 6.07) is 9.24. The molecule has 2 N–H and O–H groups in total. The summed E-state index contributed by atoms with van der Waals surface area (Å²) in [6.07, 6.45) is 1.88. The van der Waals surface area contributed by atoms with Crippen LogP contribution in [-0.4, -0.2) is 48.6 Å². The van der Waals surface area contributed by atoms with Crippen molar-refractivity contribution in [1.82, 2.24) is 14.8 Å². The SMILES string of the molecule is CN=C(NCCOc1cccc(NC(C)=O)c1)N(C)Cc1cc(Cl)cn1C. The number of nitrogens with one attached hydrogen (secondary N) is 2. The lowest BCUT2D eigenvalue weighted by atomic mass is 10.3. The first kappa shape index (κ1) is 20.6. The Morgan fingerprint density at radius 3 is 2.78 bits per heavy atom. The fourth-order valence-electron chi connectivity index (χ4n) is 2.62. The van der Waals surface area contributed by atoms with Gasteiger partial charge in [0.05, 0.1) is 18.1 Å². The third-order valence-corrected chi connectivity index (χ3v) is 4.06. The molecule has 146 valence electrons. The number of aryl methyl sites for hydroxylation is 1. The number of carbonyl (C=O) groups is 1. The van der Waals surface area contributed by atoms with Crippen LogP contribution in [0.25, 0.3) is 0 Å². The minimum absolute atomic E-state index is 0.111. The lowest BCUT2D eigenvalue weighted by Crippen LogP contribution is -2.40. The Morgan fingerprint density at radius 1 is 1.37 bits per heavy atom. The van der Waals surface area contributed by atoms with Gasteiger partial charge >= 0.3 is 0 Å². The number of rotatable bonds is 7. The van der Waals surface area contributed by atoms with E-state index >= 15 is 0 Å². The van der Waals surface area contributed by atoms with E-state index in [1.165, 1.54) is 6.92 Å². The van der Waals surface area contributed by atoms with Crippen molar-refractivity contribution in [3.8, 4) is 5.75 Å². The quantitative estimate of drug-likeness (QED) is 0.432. The number of nitrogens with zero attached hydrogens (tertiary/aromatic N) is 3. The van der Waals surface area contributed by atoms with Crippen molar-refractivity contribution in [2.45, 2.75) is 13.5 Å². The van der Waals surface area contributed by atoms with E-state index in [1.807, 2.05) is 54.0 Å². The Balaban J connectivity index is 1.81. The van der Waals surface area contributed by atoms with E-state index in [1.54, 1.807) is 13.1 Å². The Morgan fingerprint density at radius 2 is 2.15 bits per heavy atom. The molecule has 0 bridgehead atoms. The molecule has 0 saturated carbocycles. The maximum absolute atomic E-state index is 11.1. The van der Waals surface area contributed by atoms with Crippen LogP contribution < -0.4 is 15.4 Å². The highest BCUT2D eigenvalue weighted by Crippen LogP contribution is 2.17. The van der Waals surface area contributed by atoms with E-state index in [0.717, 1.165) is 16.7 Å². The molecule has 0 fully saturated rings. The molecule has 27 heavy (non-hydrogen) atoms. The second-order valence-corrected chi connectivity index (χ2v) is 6.58. The van der Waals surface area contributed by atoms with Crippen LogP contribution in [-0.2, 0) is 18.4 Å². The van der Waals surface area contributed by atoms with E-state index in [9.17, 15) is 4.79 Å². The molecule has 1 amide bonds. The first-order chi connectivity index (χ1) is 12.9. The van der Waals surface area contributed by atoms with Gasteiger partial charge in [0.1, 0.15) is 12.4 Å². The highest BCUT2D eigenvalue weighted by molar-refractivity contribution is 6.30. The average Bonchev–Trinajstić information content (AvgIpc) is 2.91. The van der Waals surface area contributed by atoms with Gasteiger partial charge in [-0.3, -0.25) is 9.79 Å². The highest BCUT2D eigenvalue weighted by Gasteiger charge is 2.09. The molecule has 0 aliphatic heterocycles. The van der Waals surface area contributed by atoms with Gasteiger partial charge in [0.25, 0.3) is 0 Å². The van der Waals surface area contributed by atoms with Gasteiger partial charge in [-0.05, 0) is 18.2 Å². The Bertz CT molecular complexity index is 803. The van der Waals surface area contributed by atoms with Crippen LogP contribution in [0, 0.1) is 0 Å². The van der Waals surface area contributed by atoms with Crippen LogP contribution in [0.1, 0.15) is 12.6 Å². The Hall–Kier alpha value is -2.67. The minimum atomic E-state index is -0.111. The molecule has 0 saturated heterocycles. The molecule has 0 unspecified atom stereocenters. The zero-order chi connectivity index (χ0) is 19.8. The molecule has 8 heteroatoms. The summed E-state index contributed by atoms with van der Waals surface area (Å²) in [5.74, 6) is 1.35. The monoisotopic (exact) mass is 391 g/mol. The molecule has 0 radical (unpaired) electrons. The van der Waals surface area contributed by atoms with Crippen molar-refractivity contribution < 1.29 is 9.53 Å². The van der Waals surface area contributed by atoms with Gasteiger partial charge in [0.15, 0.2) is 5.96 Å². The molecule has 1 heterocycles. The predicted octanol–water partition coefficient (Wildman–Crippen LogP) is 2.72. The van der Waals surface area contributed by atoms with Gasteiger partial charge in [0, 0.05) is 51.7 Å². The lowest BCUT2D eigenvalue weighted by molar-refractivity contribution is -0.114. The van der Waals surface area contributed by atoms with Crippen molar-refractivity contribution in [3.05, 3.63) is 47.2 Å². The normalized spacial score (nSPS) is 11.2. The summed E-state index contributed by atoms with van der Waals surface area (Å²) >= 11 is 6.04. The van der Waals surface area contributed by atoms with Crippen LogP contribution in [0.15, 0.2) is 41.5 Å². The third-order valence-electron chi connectivity index (χ3n) is 3.86. The van der Waals surface area contributed by atoms with Crippen LogP contribution in [0.4, 0.5) is 5.69 Å². The number of aliphatic imine (C=N–C) groups is 1. The summed E-state index contributed by atoms with van der Waals surface area (Å²) in [4.78, 5) is 17.4. The van der Waals surface area contributed by atoms with Crippen LogP contribution in [0.5, 0.6) is 5.75 Å². The number of guanidine groups is 1. The highest BCUT2D eigenvalue weighted by atomic mass is 35.5. The largest absolute Gasteiger partial charge is 0.492 e. The van der Waals surface area contributed by atoms with E-state index in [-0.39, 0.29) is 5.91 Å². The van der Waals surface area contributed by atoms with Crippen LogP contribution in [0.3, 0.4) is 0 Å². The fraction of sp³-hybridized carbons (Fsp3) is 0.368. The smallest absolute Gasteiger partial charge is 0.221 e. The summed E-state index contributed by atoms with van der Waals surface area (Å²) in [5.41, 5.74) is 1.81. The zero-order valence-electron chi connectivity index (χ0n) is 16.1. The maximum atomic E-state index is 11.1. The van der Waals surface area contributed by atoms with Crippen molar-refractivity contribution in [1.29, 1.82) is 0 Å². The van der Waals surface area contributed by atoms with Crippen molar-refractivity contribution in [3.63, 3.8) is 0 Å². The number of ether oxygens (including phenoxy) is 1. The average molecular weight is 392 g/mol. The number of amides is 1. The Labute approximate surface area is 165 Å². The van der Waals surface area contributed by atoms with E-state index in [4.69, 9.17) is 16.3 Å². The number of hydrogen-bond acceptors (Lipinski definition) is 3. The number of aromatic nitrogens is 1. The molecule has 7 nitrogen and oxygen atoms in total. The number of benzene rings is 1. The standard InChI is InChI=1S/C19H26ClN5O2/c1-14(26)23-16-6-5-7-18(11-16)27-9-8-22-19(21-2)25(4)13-17-10-15(20)12-24(17)3/h5-7,10-12H,8-9,13H2,1-4H3,(H,21,22)(H,23,26). The van der Waals surface area contributed by atoms with Gasteiger partial charge in [-0.25, -0.2) is 0 Å². The molecule has 2 aromatic rings. The van der Waals surface area contributed by atoms with Crippen molar-refractivity contribution in [2.24, 2.45) is 12.0 Å². The van der Waals surface area contributed by atoms with Gasteiger partial charge in [-0.15, -0.1) is 0 Å².